The van der Waals surface area contributed by atoms with E-state index in [9.17, 15) is 5.11 Å². The maximum Gasteiger partial charge on any atom is 0.160 e. The van der Waals surface area contributed by atoms with Gasteiger partial charge in [-0.3, -0.25) is 4.90 Å². The Balaban J connectivity index is 1.64. The van der Waals surface area contributed by atoms with Crippen molar-refractivity contribution in [2.75, 3.05) is 27.3 Å². The molecule has 0 saturated heterocycles. The summed E-state index contributed by atoms with van der Waals surface area (Å²) in [5.41, 5.74) is 3.75. The topological polar surface area (TPSA) is 41.9 Å². The lowest BCUT2D eigenvalue weighted by Gasteiger charge is -2.29. The fourth-order valence-corrected chi connectivity index (χ4v) is 3.10. The van der Waals surface area contributed by atoms with Crippen LogP contribution < -0.4 is 9.47 Å². The predicted octanol–water partition coefficient (Wildman–Crippen LogP) is 3.01. The zero-order valence-corrected chi connectivity index (χ0v) is 13.7. The van der Waals surface area contributed by atoms with Crippen LogP contribution in [-0.4, -0.2) is 37.3 Å². The highest BCUT2D eigenvalue weighted by Crippen LogP contribution is 2.32. The van der Waals surface area contributed by atoms with Gasteiger partial charge in [0.15, 0.2) is 11.5 Å². The minimum atomic E-state index is 0.223. The number of aromatic hydroxyl groups is 1. The monoisotopic (exact) mass is 313 g/mol. The minimum absolute atomic E-state index is 0.223. The van der Waals surface area contributed by atoms with E-state index in [1.165, 1.54) is 16.7 Å². The number of nitrogens with zero attached hydrogens (tertiary/aromatic N) is 1. The maximum absolute atomic E-state index is 9.96. The highest BCUT2D eigenvalue weighted by molar-refractivity contribution is 5.47. The smallest absolute Gasteiger partial charge is 0.160 e. The summed E-state index contributed by atoms with van der Waals surface area (Å²) in [7, 11) is 3.28. The maximum atomic E-state index is 9.96. The predicted molar refractivity (Wildman–Crippen MR) is 90.3 cm³/mol. The normalized spacial score (nSPS) is 14.3. The second-order valence-corrected chi connectivity index (χ2v) is 5.92. The highest BCUT2D eigenvalue weighted by atomic mass is 16.5. The molecule has 0 atom stereocenters. The molecule has 0 amide bonds. The molecule has 0 unspecified atom stereocenters. The number of phenolic OH excluding ortho intramolecular Hbond substituents is 1. The lowest BCUT2D eigenvalue weighted by atomic mass is 9.98. The molecule has 2 aromatic carbocycles. The molecule has 1 aliphatic heterocycles. The number of rotatable bonds is 5. The van der Waals surface area contributed by atoms with Crippen molar-refractivity contribution in [1.82, 2.24) is 4.90 Å². The van der Waals surface area contributed by atoms with E-state index in [0.29, 0.717) is 5.75 Å². The number of ether oxygens (including phenoxy) is 2. The van der Waals surface area contributed by atoms with Gasteiger partial charge < -0.3 is 14.6 Å². The Morgan fingerprint density at radius 1 is 1.09 bits per heavy atom. The molecular weight excluding hydrogens is 290 g/mol. The molecule has 23 heavy (non-hydrogen) atoms. The Hall–Kier alpha value is -2.20. The Morgan fingerprint density at radius 3 is 2.74 bits per heavy atom. The summed E-state index contributed by atoms with van der Waals surface area (Å²) < 4.78 is 10.5. The summed E-state index contributed by atoms with van der Waals surface area (Å²) in [5, 5.41) is 9.96. The summed E-state index contributed by atoms with van der Waals surface area (Å²) >= 11 is 0. The van der Waals surface area contributed by atoms with E-state index in [2.05, 4.69) is 17.0 Å². The first-order valence-corrected chi connectivity index (χ1v) is 7.93. The van der Waals surface area contributed by atoms with Crippen molar-refractivity contribution in [3.63, 3.8) is 0 Å². The third-order valence-electron chi connectivity index (χ3n) is 4.44. The lowest BCUT2D eigenvalue weighted by Crippen LogP contribution is -2.32. The molecule has 0 radical (unpaired) electrons. The van der Waals surface area contributed by atoms with Gasteiger partial charge >= 0.3 is 0 Å². The number of phenols is 1. The van der Waals surface area contributed by atoms with Crippen molar-refractivity contribution < 1.29 is 14.6 Å². The molecule has 4 heteroatoms. The van der Waals surface area contributed by atoms with Crippen molar-refractivity contribution >= 4 is 0 Å². The first-order valence-electron chi connectivity index (χ1n) is 7.93. The van der Waals surface area contributed by atoms with Crippen LogP contribution >= 0.6 is 0 Å². The lowest BCUT2D eigenvalue weighted by molar-refractivity contribution is 0.256. The van der Waals surface area contributed by atoms with Crippen molar-refractivity contribution in [2.24, 2.45) is 0 Å². The van der Waals surface area contributed by atoms with Crippen LogP contribution in [0.4, 0.5) is 0 Å². The van der Waals surface area contributed by atoms with E-state index < -0.39 is 0 Å². The Labute approximate surface area is 137 Å². The molecule has 0 saturated carbocycles. The van der Waals surface area contributed by atoms with Crippen LogP contribution in [0.5, 0.6) is 17.2 Å². The molecule has 2 aromatic rings. The molecule has 0 fully saturated rings. The van der Waals surface area contributed by atoms with E-state index in [1.807, 2.05) is 24.3 Å². The molecule has 0 bridgehead atoms. The summed E-state index contributed by atoms with van der Waals surface area (Å²) in [4.78, 5) is 2.42. The van der Waals surface area contributed by atoms with E-state index in [-0.39, 0.29) is 5.75 Å². The molecule has 0 spiro atoms. The fraction of sp³-hybridized carbons (Fsp3) is 0.368. The summed E-state index contributed by atoms with van der Waals surface area (Å²) in [5.74, 6) is 1.69. The van der Waals surface area contributed by atoms with E-state index in [4.69, 9.17) is 9.47 Å². The first kappa shape index (κ1) is 15.7. The Kier molecular flexibility index (Phi) is 4.72. The molecular formula is C19H23NO3. The minimum Gasteiger partial charge on any atom is -0.504 e. The molecule has 1 N–H and O–H groups in total. The highest BCUT2D eigenvalue weighted by Gasteiger charge is 2.18. The third kappa shape index (κ3) is 3.59. The Morgan fingerprint density at radius 2 is 1.96 bits per heavy atom. The van der Waals surface area contributed by atoms with Gasteiger partial charge in [-0.1, -0.05) is 12.1 Å². The first-order chi connectivity index (χ1) is 11.2. The number of methoxy groups -OCH3 is 2. The van der Waals surface area contributed by atoms with Crippen molar-refractivity contribution in [3.05, 3.63) is 53.1 Å². The molecule has 122 valence electrons. The summed E-state index contributed by atoms with van der Waals surface area (Å²) in [6.45, 7) is 2.90. The molecule has 3 rings (SSSR count). The zero-order valence-electron chi connectivity index (χ0n) is 13.7. The van der Waals surface area contributed by atoms with Gasteiger partial charge in [0.1, 0.15) is 5.75 Å². The molecule has 1 aliphatic rings. The van der Waals surface area contributed by atoms with Crippen molar-refractivity contribution in [2.45, 2.75) is 19.4 Å². The third-order valence-corrected chi connectivity index (χ3v) is 4.44. The number of hydrogen-bond acceptors (Lipinski definition) is 4. The van der Waals surface area contributed by atoms with Crippen LogP contribution in [0.25, 0.3) is 0 Å². The van der Waals surface area contributed by atoms with Gasteiger partial charge in [0.2, 0.25) is 0 Å². The van der Waals surface area contributed by atoms with Crippen LogP contribution in [-0.2, 0) is 19.4 Å². The summed E-state index contributed by atoms with van der Waals surface area (Å²) in [6.07, 6.45) is 1.98. The summed E-state index contributed by atoms with van der Waals surface area (Å²) in [6, 6.07) is 12.0. The quantitative estimate of drug-likeness (QED) is 0.921. The molecule has 0 aliphatic carbocycles. The molecule has 0 aromatic heterocycles. The standard InChI is InChI=1S/C19H23NO3/c1-22-17-5-3-4-14(10-17)6-8-20-9-7-15-12-19(23-2)18(21)11-16(15)13-20/h3-5,10-12,21H,6-9,13H2,1-2H3. The van der Waals surface area contributed by atoms with E-state index in [1.54, 1.807) is 14.2 Å². The van der Waals surface area contributed by atoms with Crippen LogP contribution in [0, 0.1) is 0 Å². The van der Waals surface area contributed by atoms with E-state index >= 15 is 0 Å². The number of fused-ring (bicyclic) bond motifs is 1. The van der Waals surface area contributed by atoms with Gasteiger partial charge in [0.05, 0.1) is 14.2 Å². The van der Waals surface area contributed by atoms with Crippen LogP contribution in [0.2, 0.25) is 0 Å². The van der Waals surface area contributed by atoms with Gasteiger partial charge in [-0.15, -0.1) is 0 Å². The largest absolute Gasteiger partial charge is 0.504 e. The second-order valence-electron chi connectivity index (χ2n) is 5.92. The average molecular weight is 313 g/mol. The van der Waals surface area contributed by atoms with Crippen molar-refractivity contribution in [3.8, 4) is 17.2 Å². The Bertz CT molecular complexity index is 684. The van der Waals surface area contributed by atoms with E-state index in [0.717, 1.165) is 38.2 Å². The number of benzene rings is 2. The van der Waals surface area contributed by atoms with Gasteiger partial charge in [-0.25, -0.2) is 0 Å². The van der Waals surface area contributed by atoms with Crippen molar-refractivity contribution in [1.29, 1.82) is 0 Å². The van der Waals surface area contributed by atoms with Crippen LogP contribution in [0.1, 0.15) is 16.7 Å². The van der Waals surface area contributed by atoms with Crippen LogP contribution in [0.3, 0.4) is 0 Å². The zero-order chi connectivity index (χ0) is 16.2. The van der Waals surface area contributed by atoms with Gasteiger partial charge in [0.25, 0.3) is 0 Å². The second kappa shape index (κ2) is 6.92. The number of hydrogen-bond donors (Lipinski definition) is 1. The van der Waals surface area contributed by atoms with Crippen LogP contribution in [0.15, 0.2) is 36.4 Å². The molecule has 1 heterocycles. The average Bonchev–Trinajstić information content (AvgIpc) is 2.59. The molecule has 4 nitrogen and oxygen atoms in total. The van der Waals surface area contributed by atoms with Gasteiger partial charge in [0, 0.05) is 19.6 Å². The van der Waals surface area contributed by atoms with Gasteiger partial charge in [-0.05, 0) is 53.8 Å². The van der Waals surface area contributed by atoms with Gasteiger partial charge in [-0.2, -0.15) is 0 Å². The fourth-order valence-electron chi connectivity index (χ4n) is 3.10. The SMILES string of the molecule is COc1cccc(CCN2CCc3cc(OC)c(O)cc3C2)c1.